The number of amides is 2. The second-order valence-corrected chi connectivity index (χ2v) is 12.4. The molecule has 0 saturated carbocycles. The average Bonchev–Trinajstić information content (AvgIpc) is 3.42. The van der Waals surface area contributed by atoms with E-state index in [1.807, 2.05) is 31.2 Å². The first-order chi connectivity index (χ1) is 19.5. The van der Waals surface area contributed by atoms with E-state index in [4.69, 9.17) is 16.3 Å². The highest BCUT2D eigenvalue weighted by Crippen LogP contribution is 2.55. The number of halogens is 4. The van der Waals surface area contributed by atoms with Crippen LogP contribution in [0.5, 0.6) is 5.75 Å². The zero-order chi connectivity index (χ0) is 29.1. The van der Waals surface area contributed by atoms with Crippen molar-refractivity contribution in [2.45, 2.75) is 35.9 Å². The number of thiazole rings is 1. The molecule has 210 valence electrons. The lowest BCUT2D eigenvalue weighted by Gasteiger charge is -2.31. The van der Waals surface area contributed by atoms with Gasteiger partial charge in [-0.15, -0.1) is 0 Å². The Morgan fingerprint density at radius 3 is 2.49 bits per heavy atom. The normalized spacial score (nSPS) is 20.2. The molecule has 12 heteroatoms. The maximum atomic E-state index is 14.0. The second-order valence-electron chi connectivity index (χ2n) is 9.77. The van der Waals surface area contributed by atoms with E-state index in [0.717, 1.165) is 57.3 Å². The highest BCUT2D eigenvalue weighted by molar-refractivity contribution is 8.00. The summed E-state index contributed by atoms with van der Waals surface area (Å²) in [4.78, 5) is 43.8. The second kappa shape index (κ2) is 10.4. The van der Waals surface area contributed by atoms with Crippen LogP contribution >= 0.6 is 34.7 Å². The van der Waals surface area contributed by atoms with Crippen molar-refractivity contribution in [1.29, 1.82) is 0 Å². The molecule has 4 aromatic rings. The number of thioether (sulfide) groups is 1. The highest BCUT2D eigenvalue weighted by Gasteiger charge is 2.57. The number of hydrogen-bond donors (Lipinski definition) is 1. The van der Waals surface area contributed by atoms with E-state index in [-0.39, 0.29) is 17.2 Å². The molecular formula is C29H20ClF3N2O4S2. The summed E-state index contributed by atoms with van der Waals surface area (Å²) in [6.45, 7) is 2.19. The average molecular weight is 617 g/mol. The lowest BCUT2D eigenvalue weighted by atomic mass is 9.82. The van der Waals surface area contributed by atoms with Crippen LogP contribution in [0.25, 0.3) is 0 Å². The van der Waals surface area contributed by atoms with Crippen LogP contribution in [0.2, 0.25) is 5.02 Å². The van der Waals surface area contributed by atoms with E-state index < -0.39 is 40.6 Å². The van der Waals surface area contributed by atoms with Crippen molar-refractivity contribution in [3.8, 4) is 5.75 Å². The Labute approximate surface area is 245 Å². The molecule has 2 aliphatic heterocycles. The predicted octanol–water partition coefficient (Wildman–Crippen LogP) is 6.79. The van der Waals surface area contributed by atoms with Crippen LogP contribution in [0, 0.1) is 12.8 Å². The molecule has 3 atom stereocenters. The molecule has 2 amide bonds. The van der Waals surface area contributed by atoms with Crippen molar-refractivity contribution >= 4 is 52.2 Å². The predicted molar refractivity (Wildman–Crippen MR) is 151 cm³/mol. The van der Waals surface area contributed by atoms with Gasteiger partial charge in [-0.1, -0.05) is 70.6 Å². The maximum Gasteiger partial charge on any atom is 0.416 e. The van der Waals surface area contributed by atoms with Crippen LogP contribution in [0.15, 0.2) is 76.6 Å². The van der Waals surface area contributed by atoms with E-state index in [1.54, 1.807) is 18.2 Å². The Hall–Kier alpha value is -3.54. The molecule has 0 spiro atoms. The molecule has 41 heavy (non-hydrogen) atoms. The molecule has 2 aliphatic rings. The quantitative estimate of drug-likeness (QED) is 0.250. The number of imide groups is 1. The van der Waals surface area contributed by atoms with Gasteiger partial charge in [-0.2, -0.15) is 13.2 Å². The van der Waals surface area contributed by atoms with Crippen molar-refractivity contribution in [3.05, 3.63) is 109 Å². The van der Waals surface area contributed by atoms with Crippen LogP contribution in [0.4, 0.5) is 18.9 Å². The molecule has 0 aliphatic carbocycles. The number of rotatable bonds is 5. The van der Waals surface area contributed by atoms with Gasteiger partial charge in [-0.3, -0.25) is 14.4 Å². The van der Waals surface area contributed by atoms with Crippen molar-refractivity contribution in [3.63, 3.8) is 0 Å². The number of H-pyrrole nitrogens is 1. The van der Waals surface area contributed by atoms with Gasteiger partial charge in [0.05, 0.1) is 22.2 Å². The molecule has 2 unspecified atom stereocenters. The summed E-state index contributed by atoms with van der Waals surface area (Å²) in [6, 6.07) is 16.9. The van der Waals surface area contributed by atoms with E-state index in [1.165, 1.54) is 6.07 Å². The first-order valence-corrected chi connectivity index (χ1v) is 14.5. The minimum absolute atomic E-state index is 0.164. The summed E-state index contributed by atoms with van der Waals surface area (Å²) in [6.07, 6.45) is -4.65. The molecule has 3 heterocycles. The number of aromatic amines is 1. The van der Waals surface area contributed by atoms with Crippen LogP contribution in [0.3, 0.4) is 0 Å². The molecule has 6 rings (SSSR count). The Balaban J connectivity index is 1.43. The molecule has 6 nitrogen and oxygen atoms in total. The van der Waals surface area contributed by atoms with Gasteiger partial charge in [0.25, 0.3) is 0 Å². The van der Waals surface area contributed by atoms with Gasteiger partial charge < -0.3 is 9.72 Å². The number of fused-ring (bicyclic) bond motifs is 2. The lowest BCUT2D eigenvalue weighted by Crippen LogP contribution is -2.32. The number of alkyl halides is 3. The molecule has 1 N–H and O–H groups in total. The number of anilines is 1. The zero-order valence-electron chi connectivity index (χ0n) is 21.2. The van der Waals surface area contributed by atoms with Crippen LogP contribution in [-0.2, 0) is 22.4 Å². The minimum atomic E-state index is -4.65. The van der Waals surface area contributed by atoms with Crippen molar-refractivity contribution in [2.24, 2.45) is 5.92 Å². The summed E-state index contributed by atoms with van der Waals surface area (Å²) in [7, 11) is 0. The van der Waals surface area contributed by atoms with Gasteiger partial charge in [0.15, 0.2) is 0 Å². The van der Waals surface area contributed by atoms with E-state index in [2.05, 4.69) is 4.98 Å². The third-order valence-electron chi connectivity index (χ3n) is 7.08. The third kappa shape index (κ3) is 5.06. The van der Waals surface area contributed by atoms with Crippen molar-refractivity contribution in [2.75, 3.05) is 4.90 Å². The minimum Gasteiger partial charge on any atom is -0.489 e. The molecule has 0 radical (unpaired) electrons. The van der Waals surface area contributed by atoms with Gasteiger partial charge in [0.1, 0.15) is 17.6 Å². The number of aromatic nitrogens is 1. The van der Waals surface area contributed by atoms with Crippen LogP contribution in [0.1, 0.15) is 33.0 Å². The lowest BCUT2D eigenvalue weighted by molar-refractivity contribution is -0.137. The van der Waals surface area contributed by atoms with Gasteiger partial charge in [-0.05, 0) is 48.9 Å². The van der Waals surface area contributed by atoms with Crippen molar-refractivity contribution in [1.82, 2.24) is 4.98 Å². The van der Waals surface area contributed by atoms with E-state index in [9.17, 15) is 27.6 Å². The number of carbonyl (C=O) groups excluding carboxylic acids is 2. The van der Waals surface area contributed by atoms with Crippen molar-refractivity contribution < 1.29 is 27.5 Å². The number of carbonyl (C=O) groups is 2. The highest BCUT2D eigenvalue weighted by atomic mass is 35.5. The standard InChI is InChI=1S/C29H20ClF3N2O4S2/c1-14-5-7-15(8-6-14)13-39-20-10-9-17(30)12-19(20)21-22-24(40-25-23(21)41-28(38)34-25)27(37)35(26(22)36)18-4-2-3-16(11-18)29(31,32)33/h2-12,21-22,24H,13H2,1H3,(H,34,38)/t21-,22?,24?/m1/s1. The summed E-state index contributed by atoms with van der Waals surface area (Å²) in [5.74, 6) is -2.72. The summed E-state index contributed by atoms with van der Waals surface area (Å²) in [5.41, 5.74) is 1.37. The van der Waals surface area contributed by atoms with Gasteiger partial charge in [0.2, 0.25) is 11.8 Å². The first-order valence-electron chi connectivity index (χ1n) is 12.4. The number of ether oxygens (including phenoxy) is 1. The van der Waals surface area contributed by atoms with Gasteiger partial charge in [0, 0.05) is 21.4 Å². The zero-order valence-corrected chi connectivity index (χ0v) is 23.6. The number of nitrogens with one attached hydrogen (secondary N) is 1. The Bertz CT molecular complexity index is 1740. The first kappa shape index (κ1) is 27.6. The summed E-state index contributed by atoms with van der Waals surface area (Å²) >= 11 is 8.35. The molecule has 3 aromatic carbocycles. The van der Waals surface area contributed by atoms with Crippen LogP contribution in [-0.4, -0.2) is 22.0 Å². The fraction of sp³-hybridized carbons (Fsp3) is 0.207. The third-order valence-corrected chi connectivity index (χ3v) is 9.71. The summed E-state index contributed by atoms with van der Waals surface area (Å²) in [5, 5.41) is -0.195. The fourth-order valence-electron chi connectivity index (χ4n) is 5.17. The SMILES string of the molecule is Cc1ccc(COc2ccc(Cl)cc2[C@H]2c3sc(=O)[nH]c3SC3C(=O)N(c4cccc(C(F)(F)F)c4)C(=O)C32)cc1. The molecule has 0 bridgehead atoms. The number of nitrogens with zero attached hydrogens (tertiary/aromatic N) is 1. The van der Waals surface area contributed by atoms with Crippen LogP contribution < -0.4 is 14.5 Å². The topological polar surface area (TPSA) is 79.5 Å². The molecular weight excluding hydrogens is 597 g/mol. The maximum absolute atomic E-state index is 14.0. The fourth-order valence-corrected chi connectivity index (χ4v) is 7.85. The van der Waals surface area contributed by atoms with Gasteiger partial charge in [-0.25, -0.2) is 4.90 Å². The Morgan fingerprint density at radius 1 is 1.00 bits per heavy atom. The largest absolute Gasteiger partial charge is 0.489 e. The smallest absolute Gasteiger partial charge is 0.416 e. The Morgan fingerprint density at radius 2 is 1.76 bits per heavy atom. The molecule has 1 saturated heterocycles. The molecule has 1 fully saturated rings. The van der Waals surface area contributed by atoms with E-state index in [0.29, 0.717) is 26.2 Å². The summed E-state index contributed by atoms with van der Waals surface area (Å²) < 4.78 is 46.5. The monoisotopic (exact) mass is 616 g/mol. The van der Waals surface area contributed by atoms with Gasteiger partial charge >= 0.3 is 11.0 Å². The number of aryl methyl sites for hydroxylation is 1. The number of hydrogen-bond acceptors (Lipinski definition) is 6. The number of benzene rings is 3. The van der Waals surface area contributed by atoms with E-state index >= 15 is 0 Å². The molecule has 1 aromatic heterocycles. The Kier molecular flexibility index (Phi) is 6.99.